The van der Waals surface area contributed by atoms with Gasteiger partial charge in [0.25, 0.3) is 0 Å². The first kappa shape index (κ1) is 21.0. The topological polar surface area (TPSA) is 0 Å². The van der Waals surface area contributed by atoms with Gasteiger partial charge in [0.05, 0.1) is 0 Å². The predicted molar refractivity (Wildman–Crippen MR) is 127 cm³/mol. The molecule has 2 unspecified atom stereocenters. The number of allylic oxidation sites excluding steroid dienone is 13. The zero-order chi connectivity index (χ0) is 20.4. The molecule has 0 saturated carbocycles. The van der Waals surface area contributed by atoms with Crippen LogP contribution in [0.4, 0.5) is 0 Å². The van der Waals surface area contributed by atoms with Gasteiger partial charge in [-0.15, -0.1) is 0 Å². The Bertz CT molecular complexity index is 1010. The van der Waals surface area contributed by atoms with Gasteiger partial charge in [-0.05, 0) is 0 Å². The Labute approximate surface area is 184 Å². The third kappa shape index (κ3) is 3.23. The maximum absolute atomic E-state index is 2.64. The van der Waals surface area contributed by atoms with Crippen molar-refractivity contribution in [1.82, 2.24) is 0 Å². The fourth-order valence-corrected chi connectivity index (χ4v) is 17.4. The fraction of sp³-hybridized carbons (Fsp3) is 0.400. The SMILES string of the molecule is CSC1=CC=C2C=C[C]([Zr]([C]3=C(C)C=C4C3C=C(C)P4C(C)(C)C)=[C](C)C)=C21. The van der Waals surface area contributed by atoms with E-state index >= 15 is 0 Å². The molecule has 1 heterocycles. The molecule has 0 N–H and O–H groups in total. The zero-order valence-corrected chi connectivity index (χ0v) is 22.6. The molecule has 0 spiro atoms. The van der Waals surface area contributed by atoms with Gasteiger partial charge in [0, 0.05) is 0 Å². The molecule has 146 valence electrons. The molecule has 4 aliphatic rings. The van der Waals surface area contributed by atoms with E-state index in [1.165, 1.54) is 10.5 Å². The molecule has 0 aromatic rings. The summed E-state index contributed by atoms with van der Waals surface area (Å²) in [6, 6.07) is 0. The summed E-state index contributed by atoms with van der Waals surface area (Å²) in [6.07, 6.45) is 16.9. The molecule has 3 aliphatic carbocycles. The summed E-state index contributed by atoms with van der Waals surface area (Å²) >= 11 is -0.206. The second kappa shape index (κ2) is 7.44. The molecule has 0 saturated heterocycles. The van der Waals surface area contributed by atoms with Crippen molar-refractivity contribution < 1.29 is 21.3 Å². The molecule has 3 heteroatoms. The second-order valence-electron chi connectivity index (χ2n) is 9.31. The van der Waals surface area contributed by atoms with Crippen molar-refractivity contribution >= 4 is 22.9 Å². The molecule has 0 amide bonds. The van der Waals surface area contributed by atoms with Crippen LogP contribution < -0.4 is 0 Å². The molecule has 2 atom stereocenters. The van der Waals surface area contributed by atoms with Gasteiger partial charge in [-0.25, -0.2) is 0 Å². The van der Waals surface area contributed by atoms with Gasteiger partial charge < -0.3 is 0 Å². The fourth-order valence-electron chi connectivity index (χ4n) is 5.16. The normalized spacial score (nSPS) is 25.7. The van der Waals surface area contributed by atoms with Crippen LogP contribution >= 0.6 is 19.7 Å². The third-order valence-electron chi connectivity index (χ3n) is 6.02. The van der Waals surface area contributed by atoms with E-state index in [0.29, 0.717) is 11.1 Å². The van der Waals surface area contributed by atoms with E-state index in [2.05, 4.69) is 91.2 Å². The van der Waals surface area contributed by atoms with Gasteiger partial charge in [0.2, 0.25) is 0 Å². The molecule has 0 bridgehead atoms. The molecule has 28 heavy (non-hydrogen) atoms. The van der Waals surface area contributed by atoms with Gasteiger partial charge in [-0.3, -0.25) is 0 Å². The average Bonchev–Trinajstić information content (AvgIpc) is 3.29. The quantitative estimate of drug-likeness (QED) is 0.367. The molecule has 0 nitrogen and oxygen atoms in total. The maximum atomic E-state index is 2.64. The molecular weight excluding hydrogens is 455 g/mol. The zero-order valence-electron chi connectivity index (χ0n) is 18.4. The van der Waals surface area contributed by atoms with Gasteiger partial charge in [0.15, 0.2) is 0 Å². The number of rotatable bonds is 3. The van der Waals surface area contributed by atoms with Crippen LogP contribution in [0.5, 0.6) is 0 Å². The number of fused-ring (bicyclic) bond motifs is 2. The molecular formula is C25H31PSZr. The van der Waals surface area contributed by atoms with Gasteiger partial charge in [0.1, 0.15) is 0 Å². The van der Waals surface area contributed by atoms with Crippen molar-refractivity contribution in [3.8, 4) is 0 Å². The van der Waals surface area contributed by atoms with Gasteiger partial charge in [-0.2, -0.15) is 0 Å². The summed E-state index contributed by atoms with van der Waals surface area (Å²) in [4.78, 5) is 1.47. The van der Waals surface area contributed by atoms with E-state index in [1.807, 2.05) is 15.0 Å². The van der Waals surface area contributed by atoms with E-state index in [1.54, 1.807) is 28.3 Å². The predicted octanol–water partition coefficient (Wildman–Crippen LogP) is 7.81. The van der Waals surface area contributed by atoms with Crippen LogP contribution in [0.25, 0.3) is 0 Å². The molecule has 1 aliphatic heterocycles. The minimum atomic E-state index is -2.11. The standard InChI is InChI=1S/C13H18P.C9H7S.C3H6.Zr/c1-9-6-11-8-10(2)14(12(11)7-9)13(3,4)5;1-10-9-6-5-7-3-2-4-8(7)9;1-3-2;/h7-8,11H,1-5H3;2-3,5-6H,1H3;1-2H3;. The summed E-state index contributed by atoms with van der Waals surface area (Å²) < 4.78 is 5.23. The van der Waals surface area contributed by atoms with Gasteiger partial charge >= 0.3 is 185 Å². The number of thioether (sulfide) groups is 1. The van der Waals surface area contributed by atoms with Crippen molar-refractivity contribution in [1.29, 1.82) is 0 Å². The molecule has 0 aromatic carbocycles. The monoisotopic (exact) mass is 484 g/mol. The Morgan fingerprint density at radius 1 is 1.11 bits per heavy atom. The van der Waals surface area contributed by atoms with E-state index in [0.717, 1.165) is 0 Å². The van der Waals surface area contributed by atoms with Crippen molar-refractivity contribution in [2.24, 2.45) is 5.92 Å². The average molecular weight is 486 g/mol. The van der Waals surface area contributed by atoms with Crippen LogP contribution in [0.2, 0.25) is 0 Å². The summed E-state index contributed by atoms with van der Waals surface area (Å²) in [6.45, 7) is 16.9. The van der Waals surface area contributed by atoms with Crippen molar-refractivity contribution in [3.63, 3.8) is 0 Å². The van der Waals surface area contributed by atoms with Crippen LogP contribution in [-0.2, 0) is 21.3 Å². The van der Waals surface area contributed by atoms with Crippen molar-refractivity contribution in [2.45, 2.75) is 53.6 Å². The van der Waals surface area contributed by atoms with Crippen LogP contribution in [0.15, 0.2) is 75.3 Å². The summed E-state index contributed by atoms with van der Waals surface area (Å²) in [7, 11) is -0.178. The molecule has 4 rings (SSSR count). The second-order valence-corrected chi connectivity index (χ2v) is 20.3. The van der Waals surface area contributed by atoms with Crippen molar-refractivity contribution in [2.75, 3.05) is 6.26 Å². The van der Waals surface area contributed by atoms with Crippen LogP contribution in [0.3, 0.4) is 0 Å². The Morgan fingerprint density at radius 2 is 1.82 bits per heavy atom. The Morgan fingerprint density at radius 3 is 2.43 bits per heavy atom. The summed E-state index contributed by atoms with van der Waals surface area (Å²) in [5, 5.41) is 3.74. The van der Waals surface area contributed by atoms with E-state index < -0.39 is 21.3 Å². The first-order valence-electron chi connectivity index (χ1n) is 10.1. The van der Waals surface area contributed by atoms with E-state index in [-0.39, 0.29) is 7.92 Å². The first-order valence-corrected chi connectivity index (χ1v) is 16.4. The van der Waals surface area contributed by atoms with Crippen LogP contribution in [0, 0.1) is 5.92 Å². The molecule has 0 radical (unpaired) electrons. The van der Waals surface area contributed by atoms with Crippen LogP contribution in [-0.4, -0.2) is 14.6 Å². The van der Waals surface area contributed by atoms with E-state index in [9.17, 15) is 0 Å². The Kier molecular flexibility index (Phi) is 5.57. The van der Waals surface area contributed by atoms with E-state index in [4.69, 9.17) is 0 Å². The van der Waals surface area contributed by atoms with Crippen molar-refractivity contribution in [3.05, 3.63) is 75.3 Å². The Balaban J connectivity index is 1.84. The molecule has 0 aromatic heterocycles. The van der Waals surface area contributed by atoms with Gasteiger partial charge in [-0.1, -0.05) is 0 Å². The first-order chi connectivity index (χ1) is 13.1. The number of hydrogen-bond donors (Lipinski definition) is 0. The Hall–Kier alpha value is -0.287. The number of hydrogen-bond acceptors (Lipinski definition) is 1. The molecule has 0 fully saturated rings. The summed E-state index contributed by atoms with van der Waals surface area (Å²) in [5.74, 6) is 0.590. The summed E-state index contributed by atoms with van der Waals surface area (Å²) in [5.41, 5.74) is 4.59. The third-order valence-corrected chi connectivity index (χ3v) is 17.8. The van der Waals surface area contributed by atoms with Crippen LogP contribution in [0.1, 0.15) is 48.5 Å². The minimum absolute atomic E-state index is 0.178.